The Morgan fingerprint density at radius 3 is 2.50 bits per heavy atom. The smallest absolute Gasteiger partial charge is 0.381 e. The van der Waals surface area contributed by atoms with Crippen molar-refractivity contribution in [2.75, 3.05) is 42.9 Å². The van der Waals surface area contributed by atoms with Crippen LogP contribution in [0.15, 0.2) is 23.4 Å². The van der Waals surface area contributed by atoms with E-state index in [0.717, 1.165) is 25.2 Å². The molecule has 2 aromatic heterocycles. The number of halogens is 3. The van der Waals surface area contributed by atoms with Gasteiger partial charge in [-0.3, -0.25) is 9.59 Å². The van der Waals surface area contributed by atoms with E-state index in [4.69, 9.17) is 4.74 Å². The van der Waals surface area contributed by atoms with Crippen molar-refractivity contribution < 1.29 is 22.7 Å². The Hall–Kier alpha value is -3.22. The Kier molecular flexibility index (Phi) is 7.00. The van der Waals surface area contributed by atoms with Crippen LogP contribution in [0.4, 0.5) is 24.8 Å². The molecule has 2 fully saturated rings. The largest absolute Gasteiger partial charge is 0.419 e. The highest BCUT2D eigenvalue weighted by Gasteiger charge is 2.33. The van der Waals surface area contributed by atoms with Gasteiger partial charge in [0.1, 0.15) is 0 Å². The van der Waals surface area contributed by atoms with Crippen LogP contribution < -0.4 is 15.8 Å². The summed E-state index contributed by atoms with van der Waals surface area (Å²) in [6.07, 6.45) is 0.244. The van der Waals surface area contributed by atoms with Crippen LogP contribution in [0.1, 0.15) is 30.4 Å². The van der Waals surface area contributed by atoms with E-state index in [-0.39, 0.29) is 36.0 Å². The molecule has 184 valence electrons. The normalized spacial score (nSPS) is 21.1. The molecular weight excluding hydrogens is 455 g/mol. The van der Waals surface area contributed by atoms with Crippen LogP contribution in [0.25, 0.3) is 0 Å². The molecule has 0 aliphatic carbocycles. The molecule has 2 saturated heterocycles. The van der Waals surface area contributed by atoms with E-state index >= 15 is 0 Å². The predicted octanol–water partition coefficient (Wildman–Crippen LogP) is 1.59. The minimum Gasteiger partial charge on any atom is -0.381 e. The van der Waals surface area contributed by atoms with Crippen molar-refractivity contribution in [1.82, 2.24) is 25.1 Å². The molecule has 2 aliphatic heterocycles. The number of anilines is 2. The molecule has 10 nitrogen and oxygen atoms in total. The summed E-state index contributed by atoms with van der Waals surface area (Å²) in [5.74, 6) is 0.210. The number of hydrogen-bond acceptors (Lipinski definition) is 8. The number of nitrogens with zero attached hydrogens (tertiary/aromatic N) is 5. The van der Waals surface area contributed by atoms with E-state index in [2.05, 4.69) is 25.5 Å². The lowest BCUT2D eigenvalue weighted by atomic mass is 10.1. The molecule has 2 atom stereocenters. The van der Waals surface area contributed by atoms with Crippen LogP contribution in [0.5, 0.6) is 0 Å². The second-order valence-corrected chi connectivity index (χ2v) is 8.42. The minimum atomic E-state index is -4.47. The molecule has 4 heterocycles. The first kappa shape index (κ1) is 23.9. The van der Waals surface area contributed by atoms with E-state index < -0.39 is 11.7 Å². The first-order chi connectivity index (χ1) is 16.2. The molecule has 1 amide bonds. The number of carbonyl (C=O) groups is 1. The van der Waals surface area contributed by atoms with Gasteiger partial charge in [-0.05, 0) is 19.8 Å². The summed E-state index contributed by atoms with van der Waals surface area (Å²) in [7, 11) is 0. The average Bonchev–Trinajstić information content (AvgIpc) is 3.27. The zero-order valence-corrected chi connectivity index (χ0v) is 18.6. The van der Waals surface area contributed by atoms with Crippen molar-refractivity contribution in [2.45, 2.75) is 44.6 Å². The van der Waals surface area contributed by atoms with Gasteiger partial charge in [0, 0.05) is 50.7 Å². The summed E-state index contributed by atoms with van der Waals surface area (Å²) < 4.78 is 44.0. The number of piperazine rings is 1. The van der Waals surface area contributed by atoms with Crippen molar-refractivity contribution in [3.8, 4) is 0 Å². The summed E-state index contributed by atoms with van der Waals surface area (Å²) in [5.41, 5.74) is 0.0764. The number of nitrogens with one attached hydrogen (secondary N) is 2. The fourth-order valence-electron chi connectivity index (χ4n) is 4.05. The van der Waals surface area contributed by atoms with Gasteiger partial charge in [0.25, 0.3) is 5.56 Å². The van der Waals surface area contributed by atoms with Crippen LogP contribution >= 0.6 is 0 Å². The van der Waals surface area contributed by atoms with Crippen molar-refractivity contribution in [1.29, 1.82) is 0 Å². The van der Waals surface area contributed by atoms with Crippen molar-refractivity contribution >= 4 is 17.5 Å². The van der Waals surface area contributed by atoms with Gasteiger partial charge >= 0.3 is 6.18 Å². The second kappa shape index (κ2) is 9.95. The van der Waals surface area contributed by atoms with Crippen LogP contribution in [0.3, 0.4) is 0 Å². The third-order valence-electron chi connectivity index (χ3n) is 6.10. The van der Waals surface area contributed by atoms with Gasteiger partial charge < -0.3 is 19.9 Å². The highest BCUT2D eigenvalue weighted by molar-refractivity contribution is 5.77. The Bertz CT molecular complexity index is 1050. The molecule has 13 heteroatoms. The van der Waals surface area contributed by atoms with Gasteiger partial charge in [-0.1, -0.05) is 0 Å². The molecule has 0 bridgehead atoms. The molecule has 0 saturated carbocycles. The van der Waals surface area contributed by atoms with Gasteiger partial charge in [-0.2, -0.15) is 18.3 Å². The number of carbonyl (C=O) groups excluding carboxylic acids is 1. The molecule has 0 spiro atoms. The SMILES string of the molecule is Cc1c(NC[C@@H]2CC[C@@H](CC(=O)N3CCN(c4ncc(C(F)(F)F)cn4)CC3)O2)cn[nH]c1=O. The van der Waals surface area contributed by atoms with Crippen molar-refractivity contribution in [2.24, 2.45) is 0 Å². The highest BCUT2D eigenvalue weighted by Crippen LogP contribution is 2.28. The number of amides is 1. The van der Waals surface area contributed by atoms with Gasteiger partial charge in [0.15, 0.2) is 0 Å². The summed E-state index contributed by atoms with van der Waals surface area (Å²) >= 11 is 0. The van der Waals surface area contributed by atoms with Gasteiger partial charge in [0.2, 0.25) is 11.9 Å². The standard InChI is InChI=1S/C21H26F3N7O3/c1-13-17(12-28-29-19(13)33)25-11-16-3-2-15(34-16)8-18(32)30-4-6-31(7-5-30)20-26-9-14(10-27-20)21(22,23)24/h9-10,12,15-16H,2-8,11H2,1H3,(H2,25,29,33)/t15-,16-/m0/s1. The van der Waals surface area contributed by atoms with Gasteiger partial charge in [-0.25, -0.2) is 15.1 Å². The summed E-state index contributed by atoms with van der Waals surface area (Å²) in [4.78, 5) is 35.5. The monoisotopic (exact) mass is 481 g/mol. The van der Waals surface area contributed by atoms with Crippen LogP contribution in [-0.4, -0.2) is 75.9 Å². The summed E-state index contributed by atoms with van der Waals surface area (Å²) in [6, 6.07) is 0. The van der Waals surface area contributed by atoms with Gasteiger partial charge in [0.05, 0.1) is 36.1 Å². The minimum absolute atomic E-state index is 0.0127. The first-order valence-corrected chi connectivity index (χ1v) is 11.1. The van der Waals surface area contributed by atoms with E-state index in [1.54, 1.807) is 22.9 Å². The predicted molar refractivity (Wildman–Crippen MR) is 116 cm³/mol. The van der Waals surface area contributed by atoms with Gasteiger partial charge in [-0.15, -0.1) is 0 Å². The maximum Gasteiger partial charge on any atom is 0.419 e. The van der Waals surface area contributed by atoms with E-state index in [9.17, 15) is 22.8 Å². The van der Waals surface area contributed by atoms with Crippen molar-refractivity contribution in [3.05, 3.63) is 40.1 Å². The molecular formula is C21H26F3N7O3. The second-order valence-electron chi connectivity index (χ2n) is 8.42. The molecule has 2 aliphatic rings. The first-order valence-electron chi connectivity index (χ1n) is 11.1. The average molecular weight is 481 g/mol. The number of alkyl halides is 3. The number of aromatic amines is 1. The third kappa shape index (κ3) is 5.64. The fourth-order valence-corrected chi connectivity index (χ4v) is 4.05. The molecule has 34 heavy (non-hydrogen) atoms. The van der Waals surface area contributed by atoms with Crippen LogP contribution in [0.2, 0.25) is 0 Å². The lowest BCUT2D eigenvalue weighted by Crippen LogP contribution is -2.49. The lowest BCUT2D eigenvalue weighted by molar-refractivity contribution is -0.138. The number of aromatic nitrogens is 4. The maximum atomic E-state index is 12.7. The molecule has 0 aromatic carbocycles. The summed E-state index contributed by atoms with van der Waals surface area (Å²) in [6.45, 7) is 3.99. The van der Waals surface area contributed by atoms with E-state index in [1.165, 1.54) is 0 Å². The summed E-state index contributed by atoms with van der Waals surface area (Å²) in [5, 5.41) is 9.35. The molecule has 4 rings (SSSR count). The Balaban J connectivity index is 1.21. The quantitative estimate of drug-likeness (QED) is 0.639. The number of H-pyrrole nitrogens is 1. The van der Waals surface area contributed by atoms with E-state index in [0.29, 0.717) is 44.0 Å². The lowest BCUT2D eigenvalue weighted by Gasteiger charge is -2.35. The number of ether oxygens (including phenoxy) is 1. The van der Waals surface area contributed by atoms with Crippen molar-refractivity contribution in [3.63, 3.8) is 0 Å². The topological polar surface area (TPSA) is 116 Å². The third-order valence-corrected chi connectivity index (χ3v) is 6.10. The fraction of sp³-hybridized carbons (Fsp3) is 0.571. The number of hydrogen-bond donors (Lipinski definition) is 2. The number of rotatable bonds is 6. The zero-order valence-electron chi connectivity index (χ0n) is 18.6. The highest BCUT2D eigenvalue weighted by atomic mass is 19.4. The molecule has 0 radical (unpaired) electrons. The van der Waals surface area contributed by atoms with E-state index in [1.807, 2.05) is 0 Å². The zero-order chi connectivity index (χ0) is 24.3. The molecule has 2 N–H and O–H groups in total. The molecule has 2 aromatic rings. The Morgan fingerprint density at radius 1 is 1.15 bits per heavy atom. The van der Waals surface area contributed by atoms with Crippen LogP contribution in [0, 0.1) is 6.92 Å². The Labute approximate surface area is 193 Å². The van der Waals surface area contributed by atoms with Crippen LogP contribution in [-0.2, 0) is 15.7 Å². The maximum absolute atomic E-state index is 12.7. The Morgan fingerprint density at radius 2 is 1.82 bits per heavy atom. The molecule has 0 unspecified atom stereocenters.